The van der Waals surface area contributed by atoms with Gasteiger partial charge in [-0.15, -0.1) is 5.10 Å². The molecule has 0 aliphatic heterocycles. The number of amides is 2. The maximum atomic E-state index is 16.0. The average molecular weight is 1100 g/mol. The van der Waals surface area contributed by atoms with Crippen LogP contribution < -0.4 is 29.6 Å². The summed E-state index contributed by atoms with van der Waals surface area (Å²) in [7, 11) is -5.50. The van der Waals surface area contributed by atoms with Crippen molar-refractivity contribution in [3.05, 3.63) is 141 Å². The summed E-state index contributed by atoms with van der Waals surface area (Å²) in [5.74, 6) is 1.58. The molecule has 19 nitrogen and oxygen atoms in total. The lowest BCUT2D eigenvalue weighted by molar-refractivity contribution is 0.159. The summed E-state index contributed by atoms with van der Waals surface area (Å²) in [6.45, 7) is 2.44. The van der Waals surface area contributed by atoms with Crippen LogP contribution in [0.2, 0.25) is 0 Å². The molecule has 0 aliphatic carbocycles. The molecule has 5 aromatic carbocycles. The largest absolute Gasteiger partial charge is 0.497 e. The third-order valence-corrected chi connectivity index (χ3v) is 15.8. The van der Waals surface area contributed by atoms with Crippen LogP contribution >= 0.6 is 22.6 Å². The van der Waals surface area contributed by atoms with Gasteiger partial charge in [0.05, 0.1) is 39.5 Å². The molecule has 69 heavy (non-hydrogen) atoms. The summed E-state index contributed by atoms with van der Waals surface area (Å²) in [5.41, 5.74) is 1.46. The highest BCUT2D eigenvalue weighted by molar-refractivity contribution is 14.1. The molecule has 0 fully saturated rings. The van der Waals surface area contributed by atoms with E-state index >= 15 is 16.8 Å². The summed E-state index contributed by atoms with van der Waals surface area (Å²) in [4.78, 5) is 22.8. The molecular weight excluding hydrogens is 1040 g/mol. The number of carboxylic acid groups (broad SMARTS) is 2. The second-order valence-electron chi connectivity index (χ2n) is 16.5. The fourth-order valence-corrected chi connectivity index (χ4v) is 12.5. The van der Waals surface area contributed by atoms with Gasteiger partial charge in [-0.2, -0.15) is 4.31 Å². The minimum absolute atomic E-state index is 0.0370. The minimum atomic E-state index is -5.06. The molecule has 0 saturated heterocycles. The lowest BCUT2D eigenvalue weighted by Crippen LogP contribution is -2.61. The number of aromatic nitrogens is 4. The van der Waals surface area contributed by atoms with E-state index in [1.54, 1.807) is 86.6 Å². The maximum absolute atomic E-state index is 16.0. The van der Waals surface area contributed by atoms with Gasteiger partial charge < -0.3 is 35.1 Å². The highest BCUT2D eigenvalue weighted by atomic mass is 127. The first-order valence-electron chi connectivity index (χ1n) is 21.4. The average Bonchev–Trinajstić information content (AvgIpc) is 3.79. The van der Waals surface area contributed by atoms with Gasteiger partial charge in [0.15, 0.2) is 5.82 Å². The first-order chi connectivity index (χ1) is 32.8. The second-order valence-corrected chi connectivity index (χ2v) is 21.3. The number of sulfonamides is 2. The van der Waals surface area contributed by atoms with Gasteiger partial charge in [0, 0.05) is 29.2 Å². The Labute approximate surface area is 414 Å². The number of halogens is 1. The molecule has 2 amide bonds. The number of carbonyl (C=O) groups is 2. The third kappa shape index (κ3) is 13.3. The minimum Gasteiger partial charge on any atom is -0.497 e. The van der Waals surface area contributed by atoms with E-state index in [1.807, 2.05) is 52.9 Å². The Morgan fingerprint density at radius 1 is 0.739 bits per heavy atom. The number of tetrazole rings is 1. The zero-order valence-electron chi connectivity index (χ0n) is 38.4. The Morgan fingerprint density at radius 3 is 1.78 bits per heavy atom. The number of rotatable bonds is 23. The van der Waals surface area contributed by atoms with Crippen molar-refractivity contribution >= 4 is 54.8 Å². The Kier molecular flexibility index (Phi) is 17.2. The van der Waals surface area contributed by atoms with Gasteiger partial charge in [-0.25, -0.2) is 35.8 Å². The third-order valence-electron chi connectivity index (χ3n) is 11.5. The molecule has 2 atom stereocenters. The van der Waals surface area contributed by atoms with E-state index in [-0.39, 0.29) is 41.0 Å². The van der Waals surface area contributed by atoms with Crippen LogP contribution in [0.5, 0.6) is 17.2 Å². The number of hydrogen-bond donors (Lipinski definition) is 5. The normalized spacial score (nSPS) is 12.8. The van der Waals surface area contributed by atoms with E-state index in [9.17, 15) is 19.8 Å². The van der Waals surface area contributed by atoms with Crippen LogP contribution in [0.3, 0.4) is 0 Å². The van der Waals surface area contributed by atoms with Crippen molar-refractivity contribution in [2.24, 2.45) is 5.41 Å². The van der Waals surface area contributed by atoms with E-state index in [1.165, 1.54) is 38.1 Å². The first-order valence-corrected chi connectivity index (χ1v) is 25.4. The molecule has 0 aliphatic rings. The van der Waals surface area contributed by atoms with E-state index in [0.29, 0.717) is 40.4 Å². The van der Waals surface area contributed by atoms with Gasteiger partial charge in [0.2, 0.25) is 20.0 Å². The van der Waals surface area contributed by atoms with Crippen molar-refractivity contribution in [3.63, 3.8) is 0 Å². The molecule has 1 aromatic heterocycles. The van der Waals surface area contributed by atoms with Crippen molar-refractivity contribution in [2.45, 2.75) is 68.2 Å². The predicted octanol–water partition coefficient (Wildman–Crippen LogP) is 6.62. The summed E-state index contributed by atoms with van der Waals surface area (Å²) in [6, 6.07) is 29.7. The topological polar surface area (TPSA) is 253 Å². The van der Waals surface area contributed by atoms with E-state index in [4.69, 9.17) is 14.2 Å². The molecule has 366 valence electrons. The Morgan fingerprint density at radius 2 is 1.28 bits per heavy atom. The molecule has 6 rings (SSSR count). The zero-order valence-corrected chi connectivity index (χ0v) is 42.2. The van der Waals surface area contributed by atoms with Gasteiger partial charge in [0.25, 0.3) is 0 Å². The highest BCUT2D eigenvalue weighted by Crippen LogP contribution is 2.40. The summed E-state index contributed by atoms with van der Waals surface area (Å²) in [5, 5.41) is 36.6. The van der Waals surface area contributed by atoms with Crippen molar-refractivity contribution in [3.8, 4) is 28.6 Å². The maximum Gasteiger partial charge on any atom is 0.404 e. The van der Waals surface area contributed by atoms with Crippen LogP contribution in [0.25, 0.3) is 11.4 Å². The van der Waals surface area contributed by atoms with Crippen LogP contribution in [0, 0.1) is 8.99 Å². The lowest BCUT2D eigenvalue weighted by Gasteiger charge is -2.40. The smallest absolute Gasteiger partial charge is 0.404 e. The Balaban J connectivity index is 1.58. The fourth-order valence-electron chi connectivity index (χ4n) is 7.73. The monoisotopic (exact) mass is 1100 g/mol. The predicted molar refractivity (Wildman–Crippen MR) is 264 cm³/mol. The molecule has 0 bridgehead atoms. The van der Waals surface area contributed by atoms with Crippen LogP contribution in [0.4, 0.5) is 9.59 Å². The molecule has 5 N–H and O–H groups in total. The molecule has 1 heterocycles. The molecule has 0 spiro atoms. The van der Waals surface area contributed by atoms with Crippen LogP contribution in [-0.2, 0) is 46.1 Å². The van der Waals surface area contributed by atoms with Crippen molar-refractivity contribution in [1.29, 1.82) is 0 Å². The second kappa shape index (κ2) is 22.8. The van der Waals surface area contributed by atoms with Crippen molar-refractivity contribution in [2.75, 3.05) is 27.9 Å². The fraction of sp³-hybridized carbons (Fsp3) is 0.298. The van der Waals surface area contributed by atoms with Crippen LogP contribution in [-0.4, -0.2) is 104 Å². The lowest BCUT2D eigenvalue weighted by atomic mass is 9.76. The van der Waals surface area contributed by atoms with Crippen LogP contribution in [0.15, 0.2) is 125 Å². The van der Waals surface area contributed by atoms with E-state index < -0.39 is 66.1 Å². The summed E-state index contributed by atoms with van der Waals surface area (Å²) < 4.78 is 84.5. The number of ether oxygens (including phenoxy) is 3. The van der Waals surface area contributed by atoms with E-state index in [2.05, 4.69) is 30.9 Å². The molecule has 6 aromatic rings. The molecular formula is C47H53IN8O11S2. The van der Waals surface area contributed by atoms with Crippen molar-refractivity contribution in [1.82, 2.24) is 39.9 Å². The molecule has 0 radical (unpaired) electrons. The molecule has 0 saturated carbocycles. The zero-order chi connectivity index (χ0) is 49.9. The number of benzene rings is 5. The number of aryl methyl sites for hydroxylation is 1. The first kappa shape index (κ1) is 52.0. The number of nitrogens with one attached hydrogen (secondary N) is 3. The Hall–Kier alpha value is -6.34. The van der Waals surface area contributed by atoms with Crippen molar-refractivity contribution < 1.29 is 50.8 Å². The SMILES string of the molecule is COc1ccc(CN(Cc2ccc(OC)cc2)S(=O)(=O)c2c(S(=O)(=O)NC(C(CNC(=O)O)NC(=O)O)C(C)(C)CCc3ccccc3)ccc(I)c2-c2nnnn2Cc2ccc(OC)cc2)cc1. The Bertz CT molecular complexity index is 2880. The molecule has 2 unspecified atom stereocenters. The van der Waals surface area contributed by atoms with Gasteiger partial charge in [-0.1, -0.05) is 80.6 Å². The quantitative estimate of drug-likeness (QED) is 0.0423. The van der Waals surface area contributed by atoms with Gasteiger partial charge >= 0.3 is 12.2 Å². The summed E-state index contributed by atoms with van der Waals surface area (Å²) >= 11 is 1.92. The number of methoxy groups -OCH3 is 3. The van der Waals surface area contributed by atoms with E-state index in [0.717, 1.165) is 9.87 Å². The van der Waals surface area contributed by atoms with Gasteiger partial charge in [-0.05, 0) is 122 Å². The van der Waals surface area contributed by atoms with Gasteiger partial charge in [0.1, 0.15) is 27.0 Å². The van der Waals surface area contributed by atoms with Gasteiger partial charge in [-0.3, -0.25) is 0 Å². The summed E-state index contributed by atoms with van der Waals surface area (Å²) in [6.07, 6.45) is -2.33. The number of hydrogen-bond acceptors (Lipinski definition) is 12. The molecule has 22 heteroatoms. The van der Waals surface area contributed by atoms with Crippen LogP contribution in [0.1, 0.15) is 42.5 Å². The number of nitrogens with zero attached hydrogens (tertiary/aromatic N) is 5. The standard InChI is InChI=1S/C47H53IN8O11S2/c1-47(2,26-25-31-9-7-6-8-10-31)43(39(50-46(59)60)27-49-45(57)58)52-68(61,62)40-24-23-38(48)41(44-51-53-54-56(44)30-34-15-21-37(67-5)22-16-34)42(40)69(63,64)55(28-32-11-17-35(65-3)18-12-32)29-33-13-19-36(66-4)20-14-33/h6-24,39,43,49-50,52H,25-30H2,1-5H3,(H,57,58)(H,59,60). The highest BCUT2D eigenvalue weighted by Gasteiger charge is 2.43.